The van der Waals surface area contributed by atoms with Crippen molar-refractivity contribution in [1.82, 2.24) is 5.32 Å². The molecule has 2 rings (SSSR count). The zero-order chi connectivity index (χ0) is 15.6. The smallest absolute Gasteiger partial charge is 0.145 e. The third-order valence-corrected chi connectivity index (χ3v) is 3.75. The van der Waals surface area contributed by atoms with Crippen LogP contribution in [0, 0.1) is 24.4 Å². The van der Waals surface area contributed by atoms with Crippen LogP contribution in [0.4, 0.5) is 13.2 Å². The summed E-state index contributed by atoms with van der Waals surface area (Å²) in [6.45, 7) is 1.56. The average Bonchev–Trinajstić information content (AvgIpc) is 2.45. The lowest BCUT2D eigenvalue weighted by molar-refractivity contribution is 0.509. The van der Waals surface area contributed by atoms with Gasteiger partial charge in [0.1, 0.15) is 17.5 Å². The lowest BCUT2D eigenvalue weighted by Gasteiger charge is -2.19. The van der Waals surface area contributed by atoms with Crippen LogP contribution in [0.5, 0.6) is 0 Å². The van der Waals surface area contributed by atoms with Gasteiger partial charge in [0.25, 0.3) is 0 Å². The van der Waals surface area contributed by atoms with Gasteiger partial charge >= 0.3 is 0 Å². The summed E-state index contributed by atoms with van der Waals surface area (Å²) >= 11 is 5.74. The van der Waals surface area contributed by atoms with Crippen molar-refractivity contribution in [3.63, 3.8) is 0 Å². The maximum absolute atomic E-state index is 14.0. The highest BCUT2D eigenvalue weighted by Crippen LogP contribution is 2.26. The first-order valence-electron chi connectivity index (χ1n) is 6.49. The van der Waals surface area contributed by atoms with E-state index < -0.39 is 23.5 Å². The molecule has 0 radical (unpaired) electrons. The van der Waals surface area contributed by atoms with Crippen LogP contribution in [0.15, 0.2) is 30.3 Å². The van der Waals surface area contributed by atoms with Gasteiger partial charge < -0.3 is 5.32 Å². The Kier molecular flexibility index (Phi) is 4.91. The standard InChI is InChI=1S/C16H15ClF3N/c1-9-6-11(14(19)8-13(9)18)15(21-2)7-10-4-3-5-12(17)16(10)20/h3-6,8,15,21H,7H2,1-2H3. The van der Waals surface area contributed by atoms with Crippen LogP contribution < -0.4 is 5.32 Å². The number of halogens is 4. The Hall–Kier alpha value is -1.52. The highest BCUT2D eigenvalue weighted by molar-refractivity contribution is 6.30. The van der Waals surface area contributed by atoms with Crippen LogP contribution in [-0.4, -0.2) is 7.05 Å². The maximum Gasteiger partial charge on any atom is 0.145 e. The molecule has 0 aliphatic carbocycles. The maximum atomic E-state index is 14.0. The molecule has 2 aromatic carbocycles. The Morgan fingerprint density at radius 2 is 1.86 bits per heavy atom. The molecule has 112 valence electrons. The van der Waals surface area contributed by atoms with Crippen LogP contribution in [0.1, 0.15) is 22.7 Å². The third kappa shape index (κ3) is 3.39. The lowest BCUT2D eigenvalue weighted by Crippen LogP contribution is -2.21. The predicted octanol–water partition coefficient (Wildman–Crippen LogP) is 4.57. The van der Waals surface area contributed by atoms with Gasteiger partial charge in [-0.05, 0) is 43.7 Å². The third-order valence-electron chi connectivity index (χ3n) is 3.46. The summed E-state index contributed by atoms with van der Waals surface area (Å²) in [5, 5.41) is 2.95. The van der Waals surface area contributed by atoms with Gasteiger partial charge in [0, 0.05) is 17.7 Å². The molecule has 5 heteroatoms. The monoisotopic (exact) mass is 313 g/mol. The van der Waals surface area contributed by atoms with Crippen molar-refractivity contribution in [3.8, 4) is 0 Å². The molecule has 0 aromatic heterocycles. The number of hydrogen-bond donors (Lipinski definition) is 1. The van der Waals surface area contributed by atoms with E-state index in [2.05, 4.69) is 5.32 Å². The molecule has 1 atom stereocenters. The van der Waals surface area contributed by atoms with Crippen molar-refractivity contribution in [2.24, 2.45) is 0 Å². The van der Waals surface area contributed by atoms with E-state index in [-0.39, 0.29) is 11.4 Å². The summed E-state index contributed by atoms with van der Waals surface area (Å²) < 4.78 is 41.2. The first-order chi connectivity index (χ1) is 9.93. The Morgan fingerprint density at radius 1 is 1.14 bits per heavy atom. The summed E-state index contributed by atoms with van der Waals surface area (Å²) in [6.07, 6.45) is 0.213. The summed E-state index contributed by atoms with van der Waals surface area (Å²) in [5.74, 6) is -1.77. The van der Waals surface area contributed by atoms with Gasteiger partial charge in [-0.15, -0.1) is 0 Å². The minimum absolute atomic E-state index is 0.0260. The Bertz CT molecular complexity index is 658. The van der Waals surface area contributed by atoms with E-state index in [9.17, 15) is 13.2 Å². The molecule has 0 amide bonds. The van der Waals surface area contributed by atoms with Crippen molar-refractivity contribution in [1.29, 1.82) is 0 Å². The van der Waals surface area contributed by atoms with Crippen molar-refractivity contribution < 1.29 is 13.2 Å². The molecule has 0 heterocycles. The molecular weight excluding hydrogens is 299 g/mol. The van der Waals surface area contributed by atoms with Gasteiger partial charge in [-0.25, -0.2) is 13.2 Å². The van der Waals surface area contributed by atoms with Gasteiger partial charge in [-0.3, -0.25) is 0 Å². The second-order valence-electron chi connectivity index (χ2n) is 4.88. The highest BCUT2D eigenvalue weighted by Gasteiger charge is 2.19. The molecule has 0 spiro atoms. The zero-order valence-electron chi connectivity index (χ0n) is 11.7. The van der Waals surface area contributed by atoms with Crippen molar-refractivity contribution >= 4 is 11.6 Å². The van der Waals surface area contributed by atoms with Gasteiger partial charge in [-0.2, -0.15) is 0 Å². The topological polar surface area (TPSA) is 12.0 Å². The van der Waals surface area contributed by atoms with Gasteiger partial charge in [0.05, 0.1) is 5.02 Å². The zero-order valence-corrected chi connectivity index (χ0v) is 12.4. The molecule has 1 unspecified atom stereocenters. The van der Waals surface area contributed by atoms with E-state index in [1.165, 1.54) is 12.1 Å². The van der Waals surface area contributed by atoms with Crippen LogP contribution in [0.3, 0.4) is 0 Å². The Labute approximate surface area is 126 Å². The SMILES string of the molecule is CNC(Cc1cccc(Cl)c1F)c1cc(C)c(F)cc1F. The summed E-state index contributed by atoms with van der Waals surface area (Å²) in [5.41, 5.74) is 1.03. The summed E-state index contributed by atoms with van der Waals surface area (Å²) in [7, 11) is 1.64. The van der Waals surface area contributed by atoms with Gasteiger partial charge in [-0.1, -0.05) is 23.7 Å². The molecule has 0 aliphatic rings. The predicted molar refractivity (Wildman–Crippen MR) is 78.0 cm³/mol. The molecule has 1 N–H and O–H groups in total. The largest absolute Gasteiger partial charge is 0.313 e. The van der Waals surface area contributed by atoms with Crippen LogP contribution in [0.25, 0.3) is 0 Å². The molecule has 1 nitrogen and oxygen atoms in total. The van der Waals surface area contributed by atoms with Crippen LogP contribution in [-0.2, 0) is 6.42 Å². The molecular formula is C16H15ClF3N. The van der Waals surface area contributed by atoms with E-state index >= 15 is 0 Å². The number of aryl methyl sites for hydroxylation is 1. The first kappa shape index (κ1) is 15.9. The van der Waals surface area contributed by atoms with Crippen molar-refractivity contribution in [3.05, 3.63) is 69.5 Å². The molecule has 0 fully saturated rings. The first-order valence-corrected chi connectivity index (χ1v) is 6.87. The fourth-order valence-corrected chi connectivity index (χ4v) is 2.43. The number of likely N-dealkylation sites (N-methyl/N-ethyl adjacent to an activating group) is 1. The molecule has 2 aromatic rings. The van der Waals surface area contributed by atoms with Crippen LogP contribution >= 0.6 is 11.6 Å². The highest BCUT2D eigenvalue weighted by atomic mass is 35.5. The van der Waals surface area contributed by atoms with E-state index in [0.717, 1.165) is 6.07 Å². The number of hydrogen-bond acceptors (Lipinski definition) is 1. The second kappa shape index (κ2) is 6.50. The summed E-state index contributed by atoms with van der Waals surface area (Å²) in [4.78, 5) is 0. The number of benzene rings is 2. The quantitative estimate of drug-likeness (QED) is 0.872. The summed E-state index contributed by atoms with van der Waals surface area (Å²) in [6, 6.07) is 6.51. The Morgan fingerprint density at radius 3 is 2.52 bits per heavy atom. The number of nitrogens with one attached hydrogen (secondary N) is 1. The minimum atomic E-state index is -0.653. The molecule has 0 saturated carbocycles. The Balaban J connectivity index is 2.37. The normalized spacial score (nSPS) is 12.5. The second-order valence-corrected chi connectivity index (χ2v) is 5.29. The van der Waals surface area contributed by atoms with Crippen molar-refractivity contribution in [2.75, 3.05) is 7.05 Å². The molecule has 0 bridgehead atoms. The van der Waals surface area contributed by atoms with Gasteiger partial charge in [0.2, 0.25) is 0 Å². The van der Waals surface area contributed by atoms with E-state index in [4.69, 9.17) is 11.6 Å². The minimum Gasteiger partial charge on any atom is -0.313 e. The average molecular weight is 314 g/mol. The van der Waals surface area contributed by atoms with Crippen LogP contribution in [0.2, 0.25) is 5.02 Å². The molecule has 21 heavy (non-hydrogen) atoms. The van der Waals surface area contributed by atoms with Gasteiger partial charge in [0.15, 0.2) is 0 Å². The van der Waals surface area contributed by atoms with E-state index in [1.807, 2.05) is 0 Å². The molecule has 0 aliphatic heterocycles. The molecule has 0 saturated heterocycles. The fraction of sp³-hybridized carbons (Fsp3) is 0.250. The lowest BCUT2D eigenvalue weighted by atomic mass is 9.96. The van der Waals surface area contributed by atoms with E-state index in [0.29, 0.717) is 16.7 Å². The fourth-order valence-electron chi connectivity index (χ4n) is 2.24. The number of rotatable bonds is 4. The van der Waals surface area contributed by atoms with Crippen molar-refractivity contribution in [2.45, 2.75) is 19.4 Å². The van der Waals surface area contributed by atoms with E-state index in [1.54, 1.807) is 26.1 Å².